The minimum Gasteiger partial charge on any atom is -0.462 e. The molecule has 82 valence electrons. The van der Waals surface area contributed by atoms with E-state index in [2.05, 4.69) is 6.92 Å². The second kappa shape index (κ2) is 5.07. The van der Waals surface area contributed by atoms with Crippen LogP contribution in [-0.4, -0.2) is 18.4 Å². The molecule has 2 fully saturated rings. The number of rotatable bonds is 2. The van der Waals surface area contributed by atoms with Crippen molar-refractivity contribution in [3.05, 3.63) is 12.2 Å². The quantitative estimate of drug-likeness (QED) is 0.413. The molecule has 1 heterocycles. The molecule has 15 heavy (non-hydrogen) atoms. The molecular formula is C11H13O3W-. The van der Waals surface area contributed by atoms with Crippen molar-refractivity contribution in [3.63, 3.8) is 0 Å². The van der Waals surface area contributed by atoms with Gasteiger partial charge >= 0.3 is 5.97 Å². The Morgan fingerprint density at radius 1 is 1.53 bits per heavy atom. The zero-order chi connectivity index (χ0) is 10.1. The van der Waals surface area contributed by atoms with Crippen molar-refractivity contribution in [2.75, 3.05) is 0 Å². The monoisotopic (exact) mass is 377 g/mol. The van der Waals surface area contributed by atoms with Crippen LogP contribution >= 0.6 is 0 Å². The second-order valence-electron chi connectivity index (χ2n) is 4.16. The predicted octanol–water partition coefficient (Wildman–Crippen LogP) is 1.24. The van der Waals surface area contributed by atoms with E-state index in [0.717, 1.165) is 6.42 Å². The molecular weight excluding hydrogens is 364 g/mol. The van der Waals surface area contributed by atoms with Crippen LogP contribution in [0.4, 0.5) is 0 Å². The van der Waals surface area contributed by atoms with E-state index < -0.39 is 0 Å². The van der Waals surface area contributed by atoms with Crippen molar-refractivity contribution < 1.29 is 35.4 Å². The molecule has 1 aliphatic carbocycles. The SMILES string of the molecule is C[C@@H]1C[C@@H]2OC(=O)C[C@@H]2[C@H]1/C=C/[C-]=O.[W]. The Bertz CT molecular complexity index is 288. The molecule has 2 aliphatic rings. The third-order valence-corrected chi connectivity index (χ3v) is 3.30. The van der Waals surface area contributed by atoms with E-state index in [1.165, 1.54) is 6.08 Å². The summed E-state index contributed by atoms with van der Waals surface area (Å²) in [7, 11) is 0. The topological polar surface area (TPSA) is 43.4 Å². The van der Waals surface area contributed by atoms with Crippen LogP contribution < -0.4 is 0 Å². The summed E-state index contributed by atoms with van der Waals surface area (Å²) in [5, 5.41) is 0. The van der Waals surface area contributed by atoms with Gasteiger partial charge in [-0.25, -0.2) is 6.08 Å². The molecule has 2 rings (SSSR count). The van der Waals surface area contributed by atoms with Gasteiger partial charge in [0.2, 0.25) is 0 Å². The van der Waals surface area contributed by atoms with E-state index in [1.807, 2.05) is 6.08 Å². The van der Waals surface area contributed by atoms with Gasteiger partial charge in [-0.3, -0.25) is 4.79 Å². The van der Waals surface area contributed by atoms with Gasteiger partial charge < -0.3 is 9.53 Å². The van der Waals surface area contributed by atoms with Crippen molar-refractivity contribution in [3.8, 4) is 0 Å². The number of esters is 1. The normalized spacial score (nSPS) is 38.6. The summed E-state index contributed by atoms with van der Waals surface area (Å²) in [6.07, 6.45) is 6.53. The largest absolute Gasteiger partial charge is 0.462 e. The van der Waals surface area contributed by atoms with Crippen molar-refractivity contribution in [2.24, 2.45) is 17.8 Å². The van der Waals surface area contributed by atoms with E-state index in [1.54, 1.807) is 6.29 Å². The average Bonchev–Trinajstić information content (AvgIpc) is 2.58. The molecule has 1 saturated heterocycles. The summed E-state index contributed by atoms with van der Waals surface area (Å²) in [4.78, 5) is 21.2. The van der Waals surface area contributed by atoms with Crippen molar-refractivity contribution in [1.82, 2.24) is 0 Å². The first-order valence-corrected chi connectivity index (χ1v) is 4.96. The maximum atomic E-state index is 11.1. The maximum absolute atomic E-state index is 11.1. The molecule has 0 N–H and O–H groups in total. The summed E-state index contributed by atoms with van der Waals surface area (Å²) < 4.78 is 5.19. The van der Waals surface area contributed by atoms with Crippen molar-refractivity contribution in [2.45, 2.75) is 25.9 Å². The van der Waals surface area contributed by atoms with E-state index in [4.69, 9.17) is 4.74 Å². The first-order valence-electron chi connectivity index (χ1n) is 4.96. The third kappa shape index (κ3) is 2.39. The second-order valence-corrected chi connectivity index (χ2v) is 4.16. The third-order valence-electron chi connectivity index (χ3n) is 3.30. The number of ether oxygens (including phenoxy) is 1. The van der Waals surface area contributed by atoms with Gasteiger partial charge in [-0.1, -0.05) is 12.8 Å². The fraction of sp³-hybridized carbons (Fsp3) is 0.636. The molecule has 0 unspecified atom stereocenters. The molecule has 0 aromatic carbocycles. The van der Waals surface area contributed by atoms with Crippen molar-refractivity contribution in [1.29, 1.82) is 0 Å². The van der Waals surface area contributed by atoms with Gasteiger partial charge in [-0.2, -0.15) is 6.08 Å². The van der Waals surface area contributed by atoms with E-state index >= 15 is 0 Å². The molecule has 1 aliphatic heterocycles. The molecule has 1 saturated carbocycles. The van der Waals surface area contributed by atoms with Crippen LogP contribution in [0.25, 0.3) is 0 Å². The van der Waals surface area contributed by atoms with Gasteiger partial charge in [0.1, 0.15) is 6.10 Å². The Balaban J connectivity index is 0.00000112. The first-order chi connectivity index (χ1) is 6.72. The average molecular weight is 377 g/mol. The van der Waals surface area contributed by atoms with Gasteiger partial charge in [-0.05, 0) is 24.5 Å². The molecule has 4 atom stereocenters. The fourth-order valence-corrected chi connectivity index (χ4v) is 2.66. The first kappa shape index (κ1) is 12.6. The summed E-state index contributed by atoms with van der Waals surface area (Å²) in [5.74, 6) is 0.970. The standard InChI is InChI=1S/C11H13O3.W/c1-7-5-10-9(6-11(13)14-10)8(7)3-2-4-12;/h2-3,7-10H,5-6H2,1H3;/q-1;/b3-2+;/t7-,8+,9-,10+;/m1./s1. The molecule has 0 spiro atoms. The van der Waals surface area contributed by atoms with E-state index in [0.29, 0.717) is 18.3 Å². The molecule has 0 radical (unpaired) electrons. The van der Waals surface area contributed by atoms with Gasteiger partial charge in [0, 0.05) is 21.1 Å². The maximum Gasteiger partial charge on any atom is 0.306 e. The Hall–Kier alpha value is -0.432. The summed E-state index contributed by atoms with van der Waals surface area (Å²) >= 11 is 0. The molecule has 0 amide bonds. The number of carbonyl (C=O) groups excluding carboxylic acids is 2. The Labute approximate surface area is 104 Å². The summed E-state index contributed by atoms with van der Waals surface area (Å²) in [6, 6.07) is 0. The van der Waals surface area contributed by atoms with E-state index in [9.17, 15) is 9.59 Å². The van der Waals surface area contributed by atoms with Crippen LogP contribution in [0.2, 0.25) is 0 Å². The van der Waals surface area contributed by atoms with Gasteiger partial charge in [0.05, 0.1) is 6.42 Å². The Kier molecular flexibility index (Phi) is 4.27. The van der Waals surface area contributed by atoms with Gasteiger partial charge in [-0.15, -0.1) is 0 Å². The number of hydrogen-bond acceptors (Lipinski definition) is 3. The van der Waals surface area contributed by atoms with E-state index in [-0.39, 0.29) is 39.1 Å². The number of fused-ring (bicyclic) bond motifs is 1. The minimum absolute atomic E-state index is 0. The van der Waals surface area contributed by atoms with Crippen LogP contribution in [0.15, 0.2) is 12.2 Å². The van der Waals surface area contributed by atoms with Crippen LogP contribution in [0.1, 0.15) is 19.8 Å². The van der Waals surface area contributed by atoms with Crippen molar-refractivity contribution >= 4 is 12.3 Å². The number of allylic oxidation sites excluding steroid dienone is 2. The Morgan fingerprint density at radius 3 is 2.93 bits per heavy atom. The summed E-state index contributed by atoms with van der Waals surface area (Å²) in [5.41, 5.74) is 0. The smallest absolute Gasteiger partial charge is 0.306 e. The fourth-order valence-electron chi connectivity index (χ4n) is 2.66. The van der Waals surface area contributed by atoms with Crippen LogP contribution in [0.5, 0.6) is 0 Å². The molecule has 0 aromatic heterocycles. The molecule has 0 aromatic rings. The van der Waals surface area contributed by atoms with Gasteiger partial charge in [0.25, 0.3) is 0 Å². The number of hydrogen-bond donors (Lipinski definition) is 0. The van der Waals surface area contributed by atoms with Crippen LogP contribution in [-0.2, 0) is 35.4 Å². The van der Waals surface area contributed by atoms with Gasteiger partial charge in [0.15, 0.2) is 0 Å². The molecule has 4 heteroatoms. The zero-order valence-electron chi connectivity index (χ0n) is 8.51. The zero-order valence-corrected chi connectivity index (χ0v) is 11.4. The Morgan fingerprint density at radius 2 is 2.27 bits per heavy atom. The molecule has 0 bridgehead atoms. The molecule has 3 nitrogen and oxygen atoms in total. The minimum atomic E-state index is -0.0969. The van der Waals surface area contributed by atoms with Crippen LogP contribution in [0, 0.1) is 17.8 Å². The van der Waals surface area contributed by atoms with Crippen LogP contribution in [0.3, 0.4) is 0 Å². The summed E-state index contributed by atoms with van der Waals surface area (Å²) in [6.45, 7) is 2.13. The number of carbonyl (C=O) groups is 1. The predicted molar refractivity (Wildman–Crippen MR) is 50.1 cm³/mol.